The maximum absolute atomic E-state index is 11.4. The largest absolute Gasteiger partial charge is 0.338 e. The molecular weight excluding hydrogens is 188 g/mol. The van der Waals surface area contributed by atoms with Gasteiger partial charge in [0.1, 0.15) is 0 Å². The quantitative estimate of drug-likeness (QED) is 0.640. The summed E-state index contributed by atoms with van der Waals surface area (Å²) in [4.78, 5) is 11.4. The zero-order chi connectivity index (χ0) is 11.5. The molecule has 0 aliphatic heterocycles. The zero-order valence-corrected chi connectivity index (χ0v) is 10.4. The van der Waals surface area contributed by atoms with E-state index in [4.69, 9.17) is 0 Å². The fourth-order valence-corrected chi connectivity index (χ4v) is 1.56. The summed E-state index contributed by atoms with van der Waals surface area (Å²) >= 11 is 0. The van der Waals surface area contributed by atoms with E-state index in [1.54, 1.807) is 0 Å². The van der Waals surface area contributed by atoms with Gasteiger partial charge in [0.15, 0.2) is 0 Å². The first-order valence-electron chi connectivity index (χ1n) is 6.28. The van der Waals surface area contributed by atoms with E-state index in [1.165, 1.54) is 12.8 Å². The van der Waals surface area contributed by atoms with E-state index < -0.39 is 0 Å². The number of urea groups is 1. The molecule has 0 bridgehead atoms. The van der Waals surface area contributed by atoms with Crippen molar-refractivity contribution in [3.63, 3.8) is 0 Å². The van der Waals surface area contributed by atoms with Crippen LogP contribution in [0.3, 0.4) is 0 Å². The van der Waals surface area contributed by atoms with Crippen LogP contribution in [0.5, 0.6) is 0 Å². The topological polar surface area (TPSA) is 41.1 Å². The van der Waals surface area contributed by atoms with Gasteiger partial charge in [-0.3, -0.25) is 0 Å². The average molecular weight is 214 g/mol. The molecule has 0 aromatic rings. The van der Waals surface area contributed by atoms with Gasteiger partial charge in [0.05, 0.1) is 0 Å². The Labute approximate surface area is 94.0 Å². The highest BCUT2D eigenvalue weighted by Gasteiger charge is 2.09. The molecule has 3 heteroatoms. The number of amides is 2. The Morgan fingerprint density at radius 1 is 1.07 bits per heavy atom. The summed E-state index contributed by atoms with van der Waals surface area (Å²) in [5.41, 5.74) is 0. The third kappa shape index (κ3) is 8.28. The van der Waals surface area contributed by atoms with Gasteiger partial charge in [-0.1, -0.05) is 40.0 Å². The number of carbonyl (C=O) groups excluding carboxylic acids is 1. The van der Waals surface area contributed by atoms with Gasteiger partial charge in [-0.25, -0.2) is 4.79 Å². The molecule has 0 spiro atoms. The summed E-state index contributed by atoms with van der Waals surface area (Å²) in [6.45, 7) is 7.16. The maximum Gasteiger partial charge on any atom is 0.315 e. The van der Waals surface area contributed by atoms with Crippen molar-refractivity contribution in [2.24, 2.45) is 0 Å². The molecule has 2 N–H and O–H groups in total. The van der Waals surface area contributed by atoms with Crippen LogP contribution in [0.15, 0.2) is 0 Å². The minimum atomic E-state index is -0.00796. The molecule has 1 atom stereocenters. The Morgan fingerprint density at radius 2 is 1.80 bits per heavy atom. The Hall–Kier alpha value is -0.730. The number of unbranched alkanes of at least 4 members (excludes halogenated alkanes) is 1. The molecule has 0 heterocycles. The number of carbonyl (C=O) groups is 1. The predicted molar refractivity (Wildman–Crippen MR) is 65.0 cm³/mol. The normalized spacial score (nSPS) is 12.2. The van der Waals surface area contributed by atoms with Crippen LogP contribution in [0, 0.1) is 0 Å². The summed E-state index contributed by atoms with van der Waals surface area (Å²) in [6.07, 6.45) is 6.68. The number of rotatable bonds is 8. The predicted octanol–water partition coefficient (Wildman–Crippen LogP) is 3.05. The smallest absolute Gasteiger partial charge is 0.315 e. The lowest BCUT2D eigenvalue weighted by atomic mass is 10.1. The van der Waals surface area contributed by atoms with E-state index in [-0.39, 0.29) is 6.03 Å². The molecular formula is C12H26N2O. The lowest BCUT2D eigenvalue weighted by Crippen LogP contribution is -2.42. The van der Waals surface area contributed by atoms with Crippen molar-refractivity contribution in [1.82, 2.24) is 10.6 Å². The van der Waals surface area contributed by atoms with Crippen LogP contribution >= 0.6 is 0 Å². The van der Waals surface area contributed by atoms with E-state index in [2.05, 4.69) is 31.4 Å². The number of hydrogen-bond acceptors (Lipinski definition) is 1. The first-order valence-corrected chi connectivity index (χ1v) is 6.28. The standard InChI is InChI=1S/C12H26N2O/c1-4-7-9-11(8-5-2)14-12(15)13-10-6-3/h11H,4-10H2,1-3H3,(H2,13,14,15). The van der Waals surface area contributed by atoms with Crippen molar-refractivity contribution >= 4 is 6.03 Å². The van der Waals surface area contributed by atoms with Crippen LogP contribution in [0.25, 0.3) is 0 Å². The molecule has 3 nitrogen and oxygen atoms in total. The molecule has 0 aliphatic carbocycles. The van der Waals surface area contributed by atoms with Crippen molar-refractivity contribution in [2.75, 3.05) is 6.54 Å². The Kier molecular flexibility index (Phi) is 9.33. The minimum Gasteiger partial charge on any atom is -0.338 e. The summed E-state index contributed by atoms with van der Waals surface area (Å²) in [5.74, 6) is 0. The second kappa shape index (κ2) is 9.81. The molecule has 1 unspecified atom stereocenters. The van der Waals surface area contributed by atoms with Gasteiger partial charge in [-0.15, -0.1) is 0 Å². The van der Waals surface area contributed by atoms with Crippen molar-refractivity contribution in [3.8, 4) is 0 Å². The van der Waals surface area contributed by atoms with E-state index in [0.29, 0.717) is 6.04 Å². The summed E-state index contributed by atoms with van der Waals surface area (Å²) < 4.78 is 0. The Morgan fingerprint density at radius 3 is 2.33 bits per heavy atom. The minimum absolute atomic E-state index is 0.00796. The molecule has 0 aromatic heterocycles. The molecule has 0 saturated heterocycles. The third-order valence-corrected chi connectivity index (χ3v) is 2.41. The maximum atomic E-state index is 11.4. The molecule has 0 fully saturated rings. The van der Waals surface area contributed by atoms with E-state index >= 15 is 0 Å². The summed E-state index contributed by atoms with van der Waals surface area (Å²) in [6, 6.07) is 0.346. The van der Waals surface area contributed by atoms with Gasteiger partial charge >= 0.3 is 6.03 Å². The van der Waals surface area contributed by atoms with Crippen molar-refractivity contribution in [3.05, 3.63) is 0 Å². The van der Waals surface area contributed by atoms with Crippen LogP contribution in [0.1, 0.15) is 59.3 Å². The van der Waals surface area contributed by atoms with E-state index in [9.17, 15) is 4.79 Å². The van der Waals surface area contributed by atoms with Crippen LogP contribution in [0.4, 0.5) is 4.79 Å². The molecule has 90 valence electrons. The molecule has 0 rings (SSSR count). The van der Waals surface area contributed by atoms with Gasteiger partial charge in [-0.05, 0) is 19.3 Å². The van der Waals surface area contributed by atoms with Crippen LogP contribution in [-0.2, 0) is 0 Å². The van der Waals surface area contributed by atoms with Crippen molar-refractivity contribution in [1.29, 1.82) is 0 Å². The highest BCUT2D eigenvalue weighted by atomic mass is 16.2. The molecule has 0 aromatic carbocycles. The Bertz CT molecular complexity index is 160. The molecule has 2 amide bonds. The highest BCUT2D eigenvalue weighted by Crippen LogP contribution is 2.06. The SMILES string of the molecule is CCCCC(CCC)NC(=O)NCCC. The second-order valence-corrected chi connectivity index (χ2v) is 4.03. The van der Waals surface area contributed by atoms with E-state index in [1.807, 2.05) is 0 Å². The molecule has 0 aliphatic rings. The fourth-order valence-electron chi connectivity index (χ4n) is 1.56. The van der Waals surface area contributed by atoms with Gasteiger partial charge in [-0.2, -0.15) is 0 Å². The lowest BCUT2D eigenvalue weighted by molar-refractivity contribution is 0.235. The van der Waals surface area contributed by atoms with Crippen LogP contribution in [0.2, 0.25) is 0 Å². The third-order valence-electron chi connectivity index (χ3n) is 2.41. The Balaban J connectivity index is 3.76. The molecule has 15 heavy (non-hydrogen) atoms. The molecule has 0 radical (unpaired) electrons. The van der Waals surface area contributed by atoms with Gasteiger partial charge in [0.2, 0.25) is 0 Å². The first-order chi connectivity index (χ1) is 7.24. The fraction of sp³-hybridized carbons (Fsp3) is 0.917. The van der Waals surface area contributed by atoms with Crippen LogP contribution in [-0.4, -0.2) is 18.6 Å². The van der Waals surface area contributed by atoms with Gasteiger partial charge in [0.25, 0.3) is 0 Å². The summed E-state index contributed by atoms with van der Waals surface area (Å²) in [5, 5.41) is 5.89. The van der Waals surface area contributed by atoms with Gasteiger partial charge < -0.3 is 10.6 Å². The monoisotopic (exact) mass is 214 g/mol. The van der Waals surface area contributed by atoms with Crippen molar-refractivity contribution < 1.29 is 4.79 Å². The number of hydrogen-bond donors (Lipinski definition) is 2. The second-order valence-electron chi connectivity index (χ2n) is 4.03. The number of nitrogens with one attached hydrogen (secondary N) is 2. The van der Waals surface area contributed by atoms with Crippen molar-refractivity contribution in [2.45, 2.75) is 65.3 Å². The highest BCUT2D eigenvalue weighted by molar-refractivity contribution is 5.74. The van der Waals surface area contributed by atoms with Gasteiger partial charge in [0, 0.05) is 12.6 Å². The van der Waals surface area contributed by atoms with Crippen LogP contribution < -0.4 is 10.6 Å². The zero-order valence-electron chi connectivity index (χ0n) is 10.4. The lowest BCUT2D eigenvalue weighted by Gasteiger charge is -2.18. The first kappa shape index (κ1) is 14.3. The van der Waals surface area contributed by atoms with E-state index in [0.717, 1.165) is 32.2 Å². The average Bonchev–Trinajstić information content (AvgIpc) is 2.23. The molecule has 0 saturated carbocycles. The summed E-state index contributed by atoms with van der Waals surface area (Å²) in [7, 11) is 0.